The van der Waals surface area contributed by atoms with Gasteiger partial charge < -0.3 is 20.5 Å². The first-order chi connectivity index (χ1) is 9.06. The molecular formula is C14H22N2O3. The molecule has 1 rings (SSSR count). The molecule has 1 aromatic carbocycles. The van der Waals surface area contributed by atoms with E-state index in [-0.39, 0.29) is 6.61 Å². The molecule has 106 valence electrons. The zero-order chi connectivity index (χ0) is 14.3. The molecule has 5 heteroatoms. The average molecular weight is 266 g/mol. The van der Waals surface area contributed by atoms with Gasteiger partial charge in [-0.3, -0.25) is 4.79 Å². The van der Waals surface area contributed by atoms with Crippen molar-refractivity contribution in [1.82, 2.24) is 5.32 Å². The highest BCUT2D eigenvalue weighted by Crippen LogP contribution is 2.28. The summed E-state index contributed by atoms with van der Waals surface area (Å²) in [6.07, 6.45) is 1.08. The monoisotopic (exact) mass is 266 g/mol. The summed E-state index contributed by atoms with van der Waals surface area (Å²) in [5.41, 5.74) is 6.14. The van der Waals surface area contributed by atoms with Crippen LogP contribution < -0.4 is 20.5 Å². The van der Waals surface area contributed by atoms with Crippen molar-refractivity contribution >= 4 is 5.91 Å². The van der Waals surface area contributed by atoms with Crippen LogP contribution in [0.25, 0.3) is 0 Å². The molecule has 5 nitrogen and oxygen atoms in total. The fraction of sp³-hybridized carbons (Fsp3) is 0.500. The molecule has 0 aliphatic carbocycles. The van der Waals surface area contributed by atoms with E-state index in [1.54, 1.807) is 13.2 Å². The van der Waals surface area contributed by atoms with Crippen LogP contribution in [0.5, 0.6) is 11.5 Å². The summed E-state index contributed by atoms with van der Waals surface area (Å²) in [6.45, 7) is 4.89. The van der Waals surface area contributed by atoms with Crippen LogP contribution in [0.1, 0.15) is 25.8 Å². The molecule has 3 N–H and O–H groups in total. The van der Waals surface area contributed by atoms with Crippen LogP contribution in [0.2, 0.25) is 0 Å². The van der Waals surface area contributed by atoms with Gasteiger partial charge in [0.1, 0.15) is 0 Å². The smallest absolute Gasteiger partial charge is 0.255 e. The highest BCUT2D eigenvalue weighted by molar-refractivity contribution is 5.75. The van der Waals surface area contributed by atoms with E-state index in [2.05, 4.69) is 19.2 Å². The zero-order valence-electron chi connectivity index (χ0n) is 11.7. The van der Waals surface area contributed by atoms with Crippen LogP contribution in [0.3, 0.4) is 0 Å². The molecule has 0 aromatic heterocycles. The lowest BCUT2D eigenvalue weighted by atomic mass is 10.1. The number of nitrogens with one attached hydrogen (secondary N) is 1. The van der Waals surface area contributed by atoms with E-state index >= 15 is 0 Å². The van der Waals surface area contributed by atoms with Gasteiger partial charge in [-0.25, -0.2) is 0 Å². The summed E-state index contributed by atoms with van der Waals surface area (Å²) in [4.78, 5) is 10.7. The van der Waals surface area contributed by atoms with E-state index < -0.39 is 5.91 Å². The summed E-state index contributed by atoms with van der Waals surface area (Å²) in [6, 6.07) is 6.09. The van der Waals surface area contributed by atoms with Crippen LogP contribution >= 0.6 is 0 Å². The number of amides is 1. The molecule has 0 spiro atoms. The number of primary amides is 1. The van der Waals surface area contributed by atoms with E-state index in [0.717, 1.165) is 18.5 Å². The van der Waals surface area contributed by atoms with Gasteiger partial charge in [-0.15, -0.1) is 0 Å². The summed E-state index contributed by atoms with van der Waals surface area (Å²) < 4.78 is 10.5. The lowest BCUT2D eigenvalue weighted by Gasteiger charge is -2.14. The molecule has 0 saturated heterocycles. The van der Waals surface area contributed by atoms with E-state index in [1.807, 2.05) is 12.1 Å². The molecule has 0 radical (unpaired) electrons. The molecule has 1 atom stereocenters. The molecule has 0 aliphatic heterocycles. The number of methoxy groups -OCH3 is 1. The first kappa shape index (κ1) is 15.3. The third-order valence-electron chi connectivity index (χ3n) is 2.86. The summed E-state index contributed by atoms with van der Waals surface area (Å²) in [5, 5.41) is 3.40. The number of hydrogen-bond acceptors (Lipinski definition) is 4. The summed E-state index contributed by atoms with van der Waals surface area (Å²) >= 11 is 0. The average Bonchev–Trinajstić information content (AvgIpc) is 2.42. The van der Waals surface area contributed by atoms with Gasteiger partial charge in [0.15, 0.2) is 18.1 Å². The Bertz CT molecular complexity index is 421. The lowest BCUT2D eigenvalue weighted by molar-refractivity contribution is -0.119. The maximum Gasteiger partial charge on any atom is 0.255 e. The minimum absolute atomic E-state index is 0.152. The zero-order valence-corrected chi connectivity index (χ0v) is 11.7. The Morgan fingerprint density at radius 2 is 2.16 bits per heavy atom. The molecule has 0 unspecified atom stereocenters. The Kier molecular flexibility index (Phi) is 6.15. The van der Waals surface area contributed by atoms with Crippen LogP contribution in [0.15, 0.2) is 18.2 Å². The second kappa shape index (κ2) is 7.63. The summed E-state index contributed by atoms with van der Waals surface area (Å²) in [7, 11) is 1.57. The number of carbonyl (C=O) groups excluding carboxylic acids is 1. The normalized spacial score (nSPS) is 11.9. The molecule has 1 aromatic rings. The predicted molar refractivity (Wildman–Crippen MR) is 74.3 cm³/mol. The van der Waals surface area contributed by atoms with E-state index in [4.69, 9.17) is 15.2 Å². The minimum Gasteiger partial charge on any atom is -0.493 e. The first-order valence-electron chi connectivity index (χ1n) is 6.38. The SMILES string of the molecule is CC[C@H](C)NCc1ccc(OCC(N)=O)c(OC)c1. The van der Waals surface area contributed by atoms with Gasteiger partial charge in [-0.05, 0) is 31.0 Å². The Labute approximate surface area is 114 Å². The molecule has 0 bridgehead atoms. The van der Waals surface area contributed by atoms with Gasteiger partial charge in [0.2, 0.25) is 0 Å². The van der Waals surface area contributed by atoms with Gasteiger partial charge >= 0.3 is 0 Å². The van der Waals surface area contributed by atoms with Crippen molar-refractivity contribution in [3.8, 4) is 11.5 Å². The second-order valence-electron chi connectivity index (χ2n) is 4.43. The standard InChI is InChI=1S/C14H22N2O3/c1-4-10(2)16-8-11-5-6-12(13(7-11)18-3)19-9-14(15)17/h5-7,10,16H,4,8-9H2,1-3H3,(H2,15,17)/t10-/m0/s1. The Balaban J connectivity index is 2.69. The van der Waals surface area contributed by atoms with Gasteiger partial charge in [-0.1, -0.05) is 13.0 Å². The largest absolute Gasteiger partial charge is 0.493 e. The van der Waals surface area contributed by atoms with Crippen molar-refractivity contribution in [3.63, 3.8) is 0 Å². The van der Waals surface area contributed by atoms with Gasteiger partial charge in [-0.2, -0.15) is 0 Å². The third-order valence-corrected chi connectivity index (χ3v) is 2.86. The number of hydrogen-bond donors (Lipinski definition) is 2. The number of carbonyl (C=O) groups is 1. The van der Waals surface area contributed by atoms with Crippen molar-refractivity contribution in [2.75, 3.05) is 13.7 Å². The number of ether oxygens (including phenoxy) is 2. The predicted octanol–water partition coefficient (Wildman–Crippen LogP) is 1.45. The van der Waals surface area contributed by atoms with E-state index in [0.29, 0.717) is 17.5 Å². The number of benzene rings is 1. The highest BCUT2D eigenvalue weighted by atomic mass is 16.5. The summed E-state index contributed by atoms with van der Waals surface area (Å²) in [5.74, 6) is 0.614. The molecule has 0 saturated carbocycles. The van der Waals surface area contributed by atoms with Crippen molar-refractivity contribution in [1.29, 1.82) is 0 Å². The highest BCUT2D eigenvalue weighted by Gasteiger charge is 2.07. The van der Waals surface area contributed by atoms with Crippen LogP contribution in [-0.4, -0.2) is 25.7 Å². The topological polar surface area (TPSA) is 73.6 Å². The van der Waals surface area contributed by atoms with E-state index in [1.165, 1.54) is 0 Å². The van der Waals surface area contributed by atoms with Gasteiger partial charge in [0.25, 0.3) is 5.91 Å². The van der Waals surface area contributed by atoms with Gasteiger partial charge in [0.05, 0.1) is 7.11 Å². The third kappa shape index (κ3) is 5.18. The Morgan fingerprint density at radius 3 is 2.74 bits per heavy atom. The van der Waals surface area contributed by atoms with Crippen LogP contribution in [-0.2, 0) is 11.3 Å². The van der Waals surface area contributed by atoms with Crippen LogP contribution in [0.4, 0.5) is 0 Å². The maximum absolute atomic E-state index is 10.7. The minimum atomic E-state index is -0.510. The molecule has 19 heavy (non-hydrogen) atoms. The number of rotatable bonds is 8. The Hall–Kier alpha value is -1.75. The maximum atomic E-state index is 10.7. The lowest BCUT2D eigenvalue weighted by Crippen LogP contribution is -2.24. The van der Waals surface area contributed by atoms with Crippen molar-refractivity contribution in [2.24, 2.45) is 5.73 Å². The van der Waals surface area contributed by atoms with Crippen molar-refractivity contribution < 1.29 is 14.3 Å². The molecule has 0 heterocycles. The number of nitrogens with two attached hydrogens (primary N) is 1. The van der Waals surface area contributed by atoms with Gasteiger partial charge in [0, 0.05) is 12.6 Å². The molecule has 0 fully saturated rings. The van der Waals surface area contributed by atoms with Crippen LogP contribution in [0, 0.1) is 0 Å². The fourth-order valence-electron chi connectivity index (χ4n) is 1.53. The quantitative estimate of drug-likeness (QED) is 0.747. The molecular weight excluding hydrogens is 244 g/mol. The molecule has 0 aliphatic rings. The Morgan fingerprint density at radius 1 is 1.42 bits per heavy atom. The first-order valence-corrected chi connectivity index (χ1v) is 6.38. The fourth-order valence-corrected chi connectivity index (χ4v) is 1.53. The van der Waals surface area contributed by atoms with E-state index in [9.17, 15) is 4.79 Å². The van der Waals surface area contributed by atoms with Crippen molar-refractivity contribution in [3.05, 3.63) is 23.8 Å². The van der Waals surface area contributed by atoms with Crippen molar-refractivity contribution in [2.45, 2.75) is 32.9 Å². The molecule has 1 amide bonds. The second-order valence-corrected chi connectivity index (χ2v) is 4.43.